The number of allylic oxidation sites excluding steroid dienone is 5. The van der Waals surface area contributed by atoms with Crippen LogP contribution in [0.25, 0.3) is 0 Å². The molecule has 0 saturated carbocycles. The molecule has 0 aliphatic rings. The van der Waals surface area contributed by atoms with Crippen LogP contribution in [0.1, 0.15) is 361 Å². The average molecular weight is 1040 g/mol. The summed E-state index contributed by atoms with van der Waals surface area (Å²) in [6.45, 7) is 4.91. The molecule has 0 radical (unpaired) electrons. The zero-order chi connectivity index (χ0) is 53.6. The lowest BCUT2D eigenvalue weighted by molar-refractivity contribution is -0.143. The van der Waals surface area contributed by atoms with Gasteiger partial charge in [0.25, 0.3) is 0 Å². The normalized spacial score (nSPS) is 12.8. The Balaban J connectivity index is 3.37. The van der Waals surface area contributed by atoms with E-state index >= 15 is 0 Å². The summed E-state index contributed by atoms with van der Waals surface area (Å²) in [7, 11) is 0. The number of ether oxygens (including phenoxy) is 1. The Labute approximate surface area is 462 Å². The SMILES string of the molecule is CCCCCCC/C=C\CCCCCCCC(=O)OCCCCCCCCCCCCCC/C=C\CCCCCCCCCCCCCCCCC(=O)NC(CO)C(O)/C=C/CCCCCCCCCCCCC. The number of amides is 1. The molecule has 0 saturated heterocycles. The van der Waals surface area contributed by atoms with Gasteiger partial charge in [0.1, 0.15) is 0 Å². The second-order valence-corrected chi connectivity index (χ2v) is 22.8. The first-order valence-electron chi connectivity index (χ1n) is 33.3. The first-order chi connectivity index (χ1) is 36.5. The molecule has 0 fully saturated rings. The minimum atomic E-state index is -0.842. The Bertz CT molecular complexity index is 1200. The highest BCUT2D eigenvalue weighted by Crippen LogP contribution is 2.17. The van der Waals surface area contributed by atoms with Gasteiger partial charge in [-0.05, 0) is 83.5 Å². The van der Waals surface area contributed by atoms with Crippen LogP contribution in [-0.4, -0.2) is 47.4 Å². The smallest absolute Gasteiger partial charge is 0.305 e. The Morgan fingerprint density at radius 1 is 0.365 bits per heavy atom. The average Bonchev–Trinajstić information content (AvgIpc) is 3.40. The van der Waals surface area contributed by atoms with Crippen molar-refractivity contribution in [1.29, 1.82) is 0 Å². The van der Waals surface area contributed by atoms with Crippen LogP contribution in [0.15, 0.2) is 36.5 Å². The highest BCUT2D eigenvalue weighted by molar-refractivity contribution is 5.76. The van der Waals surface area contributed by atoms with Crippen LogP contribution < -0.4 is 5.32 Å². The summed E-state index contributed by atoms with van der Waals surface area (Å²) < 4.78 is 5.48. The Morgan fingerprint density at radius 3 is 0.959 bits per heavy atom. The lowest BCUT2D eigenvalue weighted by Crippen LogP contribution is -2.45. The van der Waals surface area contributed by atoms with Gasteiger partial charge in [0.05, 0.1) is 25.4 Å². The summed E-state index contributed by atoms with van der Waals surface area (Å²) in [5.41, 5.74) is 0. The molecule has 0 aromatic heterocycles. The van der Waals surface area contributed by atoms with Gasteiger partial charge < -0.3 is 20.3 Å². The zero-order valence-electron chi connectivity index (χ0n) is 49.8. The summed E-state index contributed by atoms with van der Waals surface area (Å²) >= 11 is 0. The third-order valence-corrected chi connectivity index (χ3v) is 15.4. The molecule has 6 nitrogen and oxygen atoms in total. The van der Waals surface area contributed by atoms with Gasteiger partial charge in [-0.25, -0.2) is 0 Å². The van der Waals surface area contributed by atoms with Crippen LogP contribution in [0.3, 0.4) is 0 Å². The largest absolute Gasteiger partial charge is 0.466 e. The van der Waals surface area contributed by atoms with E-state index in [1.165, 1.54) is 289 Å². The van der Waals surface area contributed by atoms with Gasteiger partial charge in [-0.2, -0.15) is 0 Å². The molecule has 6 heteroatoms. The second-order valence-electron chi connectivity index (χ2n) is 22.8. The van der Waals surface area contributed by atoms with Crippen LogP contribution in [0.5, 0.6) is 0 Å². The van der Waals surface area contributed by atoms with Gasteiger partial charge in [0, 0.05) is 12.8 Å². The van der Waals surface area contributed by atoms with Gasteiger partial charge in [-0.1, -0.05) is 301 Å². The van der Waals surface area contributed by atoms with Crippen LogP contribution in [0.4, 0.5) is 0 Å². The van der Waals surface area contributed by atoms with Crippen molar-refractivity contribution in [2.45, 2.75) is 373 Å². The summed E-state index contributed by atoms with van der Waals surface area (Å²) in [5.74, 6) is -0.0574. The predicted octanol–water partition coefficient (Wildman–Crippen LogP) is 21.1. The monoisotopic (exact) mass is 1040 g/mol. The Kier molecular flexibility index (Phi) is 62.0. The molecule has 74 heavy (non-hydrogen) atoms. The maximum absolute atomic E-state index is 12.5. The number of hydrogen-bond acceptors (Lipinski definition) is 5. The van der Waals surface area contributed by atoms with Crippen LogP contribution >= 0.6 is 0 Å². The molecule has 0 aliphatic heterocycles. The lowest BCUT2D eigenvalue weighted by atomic mass is 10.0. The molecule has 3 N–H and O–H groups in total. The van der Waals surface area contributed by atoms with E-state index < -0.39 is 12.1 Å². The van der Waals surface area contributed by atoms with E-state index in [2.05, 4.69) is 43.5 Å². The quantitative estimate of drug-likeness (QED) is 0.0320. The molecule has 0 rings (SSSR count). The van der Waals surface area contributed by atoms with E-state index in [1.54, 1.807) is 6.08 Å². The minimum Gasteiger partial charge on any atom is -0.466 e. The number of unbranched alkanes of at least 4 members (excludes halogenated alkanes) is 47. The minimum absolute atomic E-state index is 0.00831. The molecule has 0 spiro atoms. The standard InChI is InChI=1S/C68H129NO5/c1-3-5-7-9-11-13-15-17-38-42-46-50-54-58-62-68(73)74-63-59-55-51-47-43-39-35-33-31-29-27-25-23-21-19-18-20-22-24-26-28-30-32-34-37-41-45-49-53-57-61-67(72)69-65(64-70)66(71)60-56-52-48-44-40-36-16-14-12-10-8-6-4-2/h15,17,19,21,56,60,65-66,70-71H,3-14,16,18,20,22-55,57-59,61-64H2,1-2H3,(H,69,72)/b17-15-,21-19-,60-56+. The van der Waals surface area contributed by atoms with Crippen molar-refractivity contribution in [3.05, 3.63) is 36.5 Å². The molecular formula is C68H129NO5. The highest BCUT2D eigenvalue weighted by Gasteiger charge is 2.18. The number of aliphatic hydroxyl groups is 2. The molecule has 0 aliphatic carbocycles. The van der Waals surface area contributed by atoms with E-state index in [-0.39, 0.29) is 18.5 Å². The number of hydrogen-bond donors (Lipinski definition) is 3. The van der Waals surface area contributed by atoms with Gasteiger partial charge in [0.15, 0.2) is 0 Å². The van der Waals surface area contributed by atoms with Crippen molar-refractivity contribution in [2.75, 3.05) is 13.2 Å². The van der Waals surface area contributed by atoms with Crippen LogP contribution in [0.2, 0.25) is 0 Å². The molecule has 436 valence electrons. The van der Waals surface area contributed by atoms with E-state index in [0.29, 0.717) is 19.4 Å². The molecular weight excluding hydrogens is 911 g/mol. The molecule has 2 unspecified atom stereocenters. The lowest BCUT2D eigenvalue weighted by Gasteiger charge is -2.20. The first kappa shape index (κ1) is 72.1. The highest BCUT2D eigenvalue weighted by atomic mass is 16.5. The number of rotatable bonds is 62. The van der Waals surface area contributed by atoms with Crippen molar-refractivity contribution < 1.29 is 24.5 Å². The maximum Gasteiger partial charge on any atom is 0.305 e. The summed E-state index contributed by atoms with van der Waals surface area (Å²) in [5, 5.41) is 23.1. The molecule has 0 aromatic carbocycles. The summed E-state index contributed by atoms with van der Waals surface area (Å²) in [6.07, 6.45) is 80.7. The van der Waals surface area contributed by atoms with Gasteiger partial charge in [-0.3, -0.25) is 9.59 Å². The van der Waals surface area contributed by atoms with Crippen LogP contribution in [-0.2, 0) is 14.3 Å². The molecule has 0 heterocycles. The molecule has 2 atom stereocenters. The number of esters is 1. The zero-order valence-corrected chi connectivity index (χ0v) is 49.8. The van der Waals surface area contributed by atoms with E-state index in [1.807, 2.05) is 6.08 Å². The summed E-state index contributed by atoms with van der Waals surface area (Å²) in [6, 6.07) is -0.626. The second kappa shape index (κ2) is 63.6. The maximum atomic E-state index is 12.5. The van der Waals surface area contributed by atoms with Gasteiger partial charge in [0.2, 0.25) is 5.91 Å². The van der Waals surface area contributed by atoms with Crippen molar-refractivity contribution in [2.24, 2.45) is 0 Å². The molecule has 1 amide bonds. The molecule has 0 bridgehead atoms. The van der Waals surface area contributed by atoms with Crippen molar-refractivity contribution in [3.8, 4) is 0 Å². The third kappa shape index (κ3) is 59.3. The fourth-order valence-electron chi connectivity index (χ4n) is 10.3. The van der Waals surface area contributed by atoms with Crippen LogP contribution in [0, 0.1) is 0 Å². The fraction of sp³-hybridized carbons (Fsp3) is 0.882. The van der Waals surface area contributed by atoms with Crippen molar-refractivity contribution in [1.82, 2.24) is 5.32 Å². The van der Waals surface area contributed by atoms with Gasteiger partial charge >= 0.3 is 5.97 Å². The molecule has 0 aromatic rings. The number of aliphatic hydroxyl groups excluding tert-OH is 2. The van der Waals surface area contributed by atoms with Crippen molar-refractivity contribution >= 4 is 11.9 Å². The predicted molar refractivity (Wildman–Crippen MR) is 324 cm³/mol. The third-order valence-electron chi connectivity index (χ3n) is 15.4. The van der Waals surface area contributed by atoms with E-state index in [9.17, 15) is 19.8 Å². The van der Waals surface area contributed by atoms with E-state index in [0.717, 1.165) is 44.9 Å². The Morgan fingerprint density at radius 2 is 0.635 bits per heavy atom. The van der Waals surface area contributed by atoms with E-state index in [4.69, 9.17) is 4.74 Å². The topological polar surface area (TPSA) is 95.9 Å². The first-order valence-corrected chi connectivity index (χ1v) is 33.3. The summed E-state index contributed by atoms with van der Waals surface area (Å²) in [4.78, 5) is 24.5. The van der Waals surface area contributed by atoms with Gasteiger partial charge in [-0.15, -0.1) is 0 Å². The number of nitrogens with one attached hydrogen (secondary N) is 1. The number of carbonyl (C=O) groups excluding carboxylic acids is 2. The van der Waals surface area contributed by atoms with Crippen molar-refractivity contribution in [3.63, 3.8) is 0 Å². The fourth-order valence-corrected chi connectivity index (χ4v) is 10.3. The number of carbonyl (C=O) groups is 2. The Hall–Kier alpha value is -1.92.